The fourth-order valence-electron chi connectivity index (χ4n) is 5.53. The fourth-order valence-corrected chi connectivity index (χ4v) is 5.53. The molecule has 11 nitrogen and oxygen atoms in total. The molecule has 2 aliphatic rings. The summed E-state index contributed by atoms with van der Waals surface area (Å²) in [6, 6.07) is 13.4. The lowest BCUT2D eigenvalue weighted by Gasteiger charge is -2.29. The van der Waals surface area contributed by atoms with Gasteiger partial charge in [-0.05, 0) is 50.0 Å². The molecular weight excluding hydrogens is 510 g/mol. The highest BCUT2D eigenvalue weighted by Crippen LogP contribution is 2.37. The van der Waals surface area contributed by atoms with E-state index in [4.69, 9.17) is 14.1 Å². The summed E-state index contributed by atoms with van der Waals surface area (Å²) in [7, 11) is 3.92. The molecule has 11 heteroatoms. The number of nitrogens with one attached hydrogen (secondary N) is 2. The Hall–Kier alpha value is -4.74. The second-order valence-corrected chi connectivity index (χ2v) is 10.2. The Morgan fingerprint density at radius 3 is 2.85 bits per heavy atom. The van der Waals surface area contributed by atoms with E-state index in [0.717, 1.165) is 44.9 Å². The molecule has 0 radical (unpaired) electrons. The molecule has 4 aromatic heterocycles. The quantitative estimate of drug-likeness (QED) is 0.338. The number of hydrogen-bond donors (Lipinski definition) is 2. The minimum absolute atomic E-state index is 0.0631. The molecule has 0 aliphatic carbocycles. The summed E-state index contributed by atoms with van der Waals surface area (Å²) < 4.78 is 13.0. The summed E-state index contributed by atoms with van der Waals surface area (Å²) in [5.41, 5.74) is 7.93. The minimum Gasteiger partial charge on any atom is -0.463 e. The highest BCUT2D eigenvalue weighted by Gasteiger charge is 2.28. The van der Waals surface area contributed by atoms with Crippen molar-refractivity contribution in [2.24, 2.45) is 0 Å². The predicted molar refractivity (Wildman–Crippen MR) is 150 cm³/mol. The zero-order chi connectivity index (χ0) is 27.4. The monoisotopic (exact) mass is 537 g/mol. The van der Waals surface area contributed by atoms with Crippen molar-refractivity contribution in [3.63, 3.8) is 0 Å². The van der Waals surface area contributed by atoms with Crippen LogP contribution in [-0.2, 0) is 22.6 Å². The Bertz CT molecular complexity index is 1810. The molecule has 0 spiro atoms. The first-order valence-electron chi connectivity index (χ1n) is 13.1. The summed E-state index contributed by atoms with van der Waals surface area (Å²) >= 11 is 0. The van der Waals surface area contributed by atoms with Crippen LogP contribution in [0.3, 0.4) is 0 Å². The maximum atomic E-state index is 13.1. The highest BCUT2D eigenvalue weighted by atomic mass is 16.5. The third-order valence-corrected chi connectivity index (χ3v) is 7.28. The fraction of sp³-hybridized carbons (Fsp3) is 0.241. The molecule has 0 bridgehead atoms. The number of aromatic nitrogens is 3. The van der Waals surface area contributed by atoms with Crippen molar-refractivity contribution in [2.75, 3.05) is 44.1 Å². The molecule has 40 heavy (non-hydrogen) atoms. The number of amides is 2. The summed E-state index contributed by atoms with van der Waals surface area (Å²) in [6.07, 6.45) is 3.49. The molecule has 1 aromatic carbocycles. The number of morpholine rings is 1. The van der Waals surface area contributed by atoms with Crippen LogP contribution in [0.2, 0.25) is 0 Å². The van der Waals surface area contributed by atoms with Gasteiger partial charge in [0, 0.05) is 31.3 Å². The zero-order valence-electron chi connectivity index (χ0n) is 22.1. The summed E-state index contributed by atoms with van der Waals surface area (Å²) in [4.78, 5) is 38.8. The van der Waals surface area contributed by atoms with E-state index in [2.05, 4.69) is 15.6 Å². The molecule has 5 aromatic rings. The number of hydrogen-bond acceptors (Lipinski definition) is 8. The molecule has 7 rings (SSSR count). The van der Waals surface area contributed by atoms with E-state index in [0.29, 0.717) is 43.3 Å². The second-order valence-electron chi connectivity index (χ2n) is 10.2. The van der Waals surface area contributed by atoms with E-state index in [1.807, 2.05) is 72.1 Å². The van der Waals surface area contributed by atoms with Crippen LogP contribution in [0.4, 0.5) is 17.2 Å². The smallest absolute Gasteiger partial charge is 0.254 e. The van der Waals surface area contributed by atoms with Gasteiger partial charge in [0.25, 0.3) is 11.8 Å². The van der Waals surface area contributed by atoms with Crippen molar-refractivity contribution in [1.82, 2.24) is 24.6 Å². The molecule has 2 N–H and O–H groups in total. The maximum absolute atomic E-state index is 13.1. The van der Waals surface area contributed by atoms with Gasteiger partial charge in [0.1, 0.15) is 18.1 Å². The molecular formula is C29H27N7O4. The van der Waals surface area contributed by atoms with Gasteiger partial charge in [-0.3, -0.25) is 14.0 Å². The number of furan rings is 1. The first-order chi connectivity index (χ1) is 19.5. The van der Waals surface area contributed by atoms with Gasteiger partial charge in [0.15, 0.2) is 5.58 Å². The van der Waals surface area contributed by atoms with E-state index in [1.54, 1.807) is 11.2 Å². The molecule has 0 unspecified atom stereocenters. The molecule has 6 heterocycles. The van der Waals surface area contributed by atoms with Gasteiger partial charge >= 0.3 is 0 Å². The van der Waals surface area contributed by atoms with Crippen molar-refractivity contribution in [3.05, 3.63) is 71.7 Å². The first kappa shape index (κ1) is 24.3. The highest BCUT2D eigenvalue weighted by molar-refractivity contribution is 6.06. The predicted octanol–water partition coefficient (Wildman–Crippen LogP) is 3.55. The average Bonchev–Trinajstić information content (AvgIpc) is 3.68. The average molecular weight is 538 g/mol. The summed E-state index contributed by atoms with van der Waals surface area (Å²) in [5, 5.41) is 6.35. The topological polar surface area (TPSA) is 117 Å². The van der Waals surface area contributed by atoms with Gasteiger partial charge in [0.05, 0.1) is 52.9 Å². The molecule has 2 amide bonds. The van der Waals surface area contributed by atoms with Crippen molar-refractivity contribution in [2.45, 2.75) is 13.1 Å². The first-order valence-corrected chi connectivity index (χ1v) is 13.1. The Balaban J connectivity index is 1.28. The summed E-state index contributed by atoms with van der Waals surface area (Å²) in [5.74, 6) is 0.357. The number of benzene rings is 1. The van der Waals surface area contributed by atoms with Crippen LogP contribution in [0.5, 0.6) is 0 Å². The Kier molecular flexibility index (Phi) is 5.76. The van der Waals surface area contributed by atoms with Crippen LogP contribution in [-0.4, -0.2) is 64.9 Å². The number of nitrogens with zero attached hydrogens (tertiary/aromatic N) is 5. The lowest BCUT2D eigenvalue weighted by atomic mass is 9.99. The third-order valence-electron chi connectivity index (χ3n) is 7.28. The number of anilines is 3. The van der Waals surface area contributed by atoms with Gasteiger partial charge < -0.3 is 29.6 Å². The Morgan fingerprint density at radius 1 is 1.10 bits per heavy atom. The zero-order valence-corrected chi connectivity index (χ0v) is 22.1. The summed E-state index contributed by atoms with van der Waals surface area (Å²) in [6.45, 7) is 1.99. The van der Waals surface area contributed by atoms with Crippen molar-refractivity contribution in [1.29, 1.82) is 0 Å². The molecule has 1 fully saturated rings. The van der Waals surface area contributed by atoms with Crippen molar-refractivity contribution in [3.8, 4) is 11.3 Å². The van der Waals surface area contributed by atoms with Gasteiger partial charge in [-0.2, -0.15) is 0 Å². The number of fused-ring (bicyclic) bond motifs is 4. The van der Waals surface area contributed by atoms with E-state index in [-0.39, 0.29) is 18.4 Å². The lowest BCUT2D eigenvalue weighted by Crippen LogP contribution is -2.42. The maximum Gasteiger partial charge on any atom is 0.254 e. The van der Waals surface area contributed by atoms with Crippen LogP contribution < -0.4 is 15.5 Å². The number of ether oxygens (including phenoxy) is 1. The SMILES string of the molecule is CN(C)Cc1nc(Nc2ccc(-c3cnc4ccc5occc5n34)c3c2C(=O)NC3)ccc1N1CCOCC1=O. The van der Waals surface area contributed by atoms with Crippen LogP contribution in [0.1, 0.15) is 21.6 Å². The van der Waals surface area contributed by atoms with E-state index in [9.17, 15) is 9.59 Å². The Morgan fingerprint density at radius 2 is 2.00 bits per heavy atom. The van der Waals surface area contributed by atoms with Crippen LogP contribution in [0, 0.1) is 0 Å². The molecule has 1 saturated heterocycles. The Labute approximate surface area is 229 Å². The molecule has 0 saturated carbocycles. The number of carbonyl (C=O) groups is 2. The van der Waals surface area contributed by atoms with Crippen molar-refractivity contribution < 1.29 is 18.7 Å². The number of pyridine rings is 2. The molecule has 2 aliphatic heterocycles. The van der Waals surface area contributed by atoms with E-state index < -0.39 is 0 Å². The third kappa shape index (κ3) is 3.98. The molecule has 202 valence electrons. The number of carbonyl (C=O) groups excluding carboxylic acids is 2. The molecule has 0 atom stereocenters. The number of imidazole rings is 1. The van der Waals surface area contributed by atoms with E-state index >= 15 is 0 Å². The van der Waals surface area contributed by atoms with E-state index in [1.165, 1.54) is 0 Å². The number of rotatable bonds is 6. The standard InChI is InChI=1S/C29H27N7O4/c1-34(2)15-20-21(35-10-12-39-16-27(35)37)5-7-25(33-20)32-19-4-3-17(18-13-31-29(38)28(18)19)23-14-30-26-8-6-24-22(36(23)26)9-11-40-24/h3-9,11,14H,10,12-13,15-16H2,1-2H3,(H,31,38)(H,32,33). The van der Waals surface area contributed by atoms with Crippen LogP contribution >= 0.6 is 0 Å². The van der Waals surface area contributed by atoms with Crippen LogP contribution in [0.15, 0.2) is 59.3 Å². The normalized spacial score (nSPS) is 15.3. The largest absolute Gasteiger partial charge is 0.463 e. The van der Waals surface area contributed by atoms with Crippen LogP contribution in [0.25, 0.3) is 28.0 Å². The van der Waals surface area contributed by atoms with Gasteiger partial charge in [-0.15, -0.1) is 0 Å². The second kappa shape index (κ2) is 9.47. The lowest BCUT2D eigenvalue weighted by molar-refractivity contribution is -0.125. The minimum atomic E-state index is -0.148. The van der Waals surface area contributed by atoms with Crippen molar-refractivity contribution >= 4 is 45.8 Å². The van der Waals surface area contributed by atoms with Gasteiger partial charge in [-0.25, -0.2) is 9.97 Å². The van der Waals surface area contributed by atoms with Gasteiger partial charge in [0.2, 0.25) is 0 Å². The van der Waals surface area contributed by atoms with Gasteiger partial charge in [-0.1, -0.05) is 6.07 Å².